The van der Waals surface area contributed by atoms with Gasteiger partial charge in [-0.2, -0.15) is 0 Å². The second-order valence-electron chi connectivity index (χ2n) is 13.8. The number of carbonyl (C=O) groups excluding carboxylic acids is 3. The van der Waals surface area contributed by atoms with Crippen LogP contribution in [-0.2, 0) is 23.9 Å². The Morgan fingerprint density at radius 3 is 1.61 bits per heavy atom. The highest BCUT2D eigenvalue weighted by Gasteiger charge is 2.39. The number of ether oxygens (including phenoxy) is 1. The van der Waals surface area contributed by atoms with Crippen LogP contribution in [0, 0.1) is 5.92 Å². The third kappa shape index (κ3) is 8.56. The lowest BCUT2D eigenvalue weighted by Crippen LogP contribution is -2.56. The Balaban J connectivity index is 1.25. The number of rotatable bonds is 15. The third-order valence-corrected chi connectivity index (χ3v) is 11.6. The van der Waals surface area contributed by atoms with Crippen molar-refractivity contribution in [3.05, 3.63) is 179 Å². The maximum absolute atomic E-state index is 14.1. The molecule has 0 spiro atoms. The summed E-state index contributed by atoms with van der Waals surface area (Å²) in [6, 6.07) is 43.4. The normalized spacial score (nSPS) is 13.5. The third-order valence-electron chi connectivity index (χ3n) is 9.98. The molecule has 0 aromatic heterocycles. The number of carboxylic acid groups (broad SMARTS) is 1. The molecular formula is C46H45N3O6S. The molecule has 0 fully saturated rings. The van der Waals surface area contributed by atoms with Crippen LogP contribution < -0.4 is 16.0 Å². The van der Waals surface area contributed by atoms with Crippen molar-refractivity contribution in [2.45, 2.75) is 43.5 Å². The summed E-state index contributed by atoms with van der Waals surface area (Å²) < 4.78 is 4.94. The lowest BCUT2D eigenvalue weighted by molar-refractivity contribution is -0.135. The van der Waals surface area contributed by atoms with E-state index >= 15 is 0 Å². The molecule has 4 N–H and O–H groups in total. The quantitative estimate of drug-likeness (QED) is 0.0630. The number of fused-ring (bicyclic) bond motifs is 3. The van der Waals surface area contributed by atoms with E-state index in [2.05, 4.69) is 28.1 Å². The molecule has 1 aliphatic carbocycles. The first-order chi connectivity index (χ1) is 27.1. The molecule has 0 saturated heterocycles. The van der Waals surface area contributed by atoms with Gasteiger partial charge in [-0.15, -0.1) is 11.8 Å². The molecule has 6 rings (SSSR count). The minimum Gasteiger partial charge on any atom is -0.477 e. The molecule has 9 nitrogen and oxygen atoms in total. The number of aliphatic carboxylic acids is 1. The summed E-state index contributed by atoms with van der Waals surface area (Å²) in [5.74, 6) is -3.18. The first-order valence-corrected chi connectivity index (χ1v) is 19.6. The molecule has 56 heavy (non-hydrogen) atoms. The van der Waals surface area contributed by atoms with E-state index in [4.69, 9.17) is 4.74 Å². The van der Waals surface area contributed by atoms with Gasteiger partial charge in [0.25, 0.3) is 0 Å². The van der Waals surface area contributed by atoms with E-state index in [-0.39, 0.29) is 24.0 Å². The number of allylic oxidation sites excluding steroid dienone is 1. The van der Waals surface area contributed by atoms with Crippen molar-refractivity contribution in [1.29, 1.82) is 0 Å². The number of benzene rings is 5. The Kier molecular flexibility index (Phi) is 12.7. The fraction of sp³-hybridized carbons (Fsp3) is 0.217. The lowest BCUT2D eigenvalue weighted by Gasteiger charge is -2.36. The van der Waals surface area contributed by atoms with Crippen LogP contribution in [0.25, 0.3) is 11.1 Å². The van der Waals surface area contributed by atoms with Crippen molar-refractivity contribution >= 4 is 35.6 Å². The van der Waals surface area contributed by atoms with Crippen LogP contribution >= 0.6 is 11.8 Å². The summed E-state index contributed by atoms with van der Waals surface area (Å²) >= 11 is 1.44. The predicted molar refractivity (Wildman–Crippen MR) is 220 cm³/mol. The molecule has 5 aromatic carbocycles. The molecule has 0 saturated carbocycles. The highest BCUT2D eigenvalue weighted by molar-refractivity contribution is 8.00. The van der Waals surface area contributed by atoms with Crippen LogP contribution in [-0.4, -0.2) is 53.4 Å². The highest BCUT2D eigenvalue weighted by Crippen LogP contribution is 2.49. The number of nitrogens with one attached hydrogen (secondary N) is 3. The molecule has 2 unspecified atom stereocenters. The van der Waals surface area contributed by atoms with E-state index in [9.17, 15) is 24.3 Å². The van der Waals surface area contributed by atoms with Gasteiger partial charge in [-0.3, -0.25) is 9.59 Å². The largest absolute Gasteiger partial charge is 0.477 e. The van der Waals surface area contributed by atoms with Crippen molar-refractivity contribution in [2.75, 3.05) is 12.4 Å². The summed E-state index contributed by atoms with van der Waals surface area (Å²) in [6.45, 7) is 5.14. The maximum Gasteiger partial charge on any atom is 0.407 e. The van der Waals surface area contributed by atoms with E-state index in [1.165, 1.54) is 24.8 Å². The molecule has 0 radical (unpaired) electrons. The molecule has 0 heterocycles. The number of alkyl carbamates (subject to hydrolysis) is 1. The molecule has 10 heteroatoms. The number of amides is 3. The van der Waals surface area contributed by atoms with Crippen molar-refractivity contribution < 1.29 is 29.0 Å². The summed E-state index contributed by atoms with van der Waals surface area (Å²) in [5, 5.41) is 17.8. The smallest absolute Gasteiger partial charge is 0.407 e. The van der Waals surface area contributed by atoms with Gasteiger partial charge in [-0.25, -0.2) is 9.59 Å². The van der Waals surface area contributed by atoms with Gasteiger partial charge in [0.15, 0.2) is 0 Å². The standard InChI is InChI=1S/C46H45N3O6S/c1-4-39(44(52)53)47-42(50)40(29-56-46(31-18-8-5-9-19-31,32-20-10-6-11-21-32)33-22-12-7-13-23-33)48-43(51)41(30(2)3)49-45(54)55-28-38-36-26-16-14-24-34(36)35-25-15-17-27-37(35)38/h4-27,30,38,40-41H,28-29H2,1-3H3,(H,47,50)(H,48,51)(H,49,54)(H,52,53). The maximum atomic E-state index is 14.1. The van der Waals surface area contributed by atoms with Gasteiger partial charge in [-0.1, -0.05) is 159 Å². The van der Waals surface area contributed by atoms with Crippen LogP contribution in [0.1, 0.15) is 54.5 Å². The Hall–Kier alpha value is -6.13. The Morgan fingerprint density at radius 1 is 0.696 bits per heavy atom. The fourth-order valence-corrected chi connectivity index (χ4v) is 8.75. The topological polar surface area (TPSA) is 134 Å². The molecule has 5 aromatic rings. The summed E-state index contributed by atoms with van der Waals surface area (Å²) in [5.41, 5.74) is 6.84. The van der Waals surface area contributed by atoms with Crippen LogP contribution in [0.4, 0.5) is 4.79 Å². The minimum absolute atomic E-state index is 0.0304. The van der Waals surface area contributed by atoms with Crippen LogP contribution in [0.3, 0.4) is 0 Å². The van der Waals surface area contributed by atoms with Gasteiger partial charge < -0.3 is 25.8 Å². The Bertz CT molecular complexity index is 2050. The number of hydrogen-bond acceptors (Lipinski definition) is 6. The van der Waals surface area contributed by atoms with Crippen LogP contribution in [0.15, 0.2) is 151 Å². The molecule has 0 bridgehead atoms. The predicted octanol–water partition coefficient (Wildman–Crippen LogP) is 7.86. The number of carbonyl (C=O) groups is 4. The first-order valence-electron chi connectivity index (χ1n) is 18.6. The molecule has 2 atom stereocenters. The second kappa shape index (κ2) is 18.0. The second-order valence-corrected chi connectivity index (χ2v) is 15.1. The zero-order chi connectivity index (χ0) is 39.7. The lowest BCUT2D eigenvalue weighted by atomic mass is 9.84. The van der Waals surface area contributed by atoms with Gasteiger partial charge in [0.05, 0.1) is 4.75 Å². The average molecular weight is 768 g/mol. The molecule has 286 valence electrons. The van der Waals surface area contributed by atoms with E-state index < -0.39 is 46.6 Å². The van der Waals surface area contributed by atoms with Crippen LogP contribution in [0.2, 0.25) is 0 Å². The summed E-state index contributed by atoms with van der Waals surface area (Å²) in [7, 11) is 0. The van der Waals surface area contributed by atoms with Gasteiger partial charge in [0.2, 0.25) is 11.8 Å². The van der Waals surface area contributed by atoms with Crippen molar-refractivity contribution in [3.8, 4) is 11.1 Å². The minimum atomic E-state index is -1.32. The van der Waals surface area contributed by atoms with Gasteiger partial charge >= 0.3 is 12.1 Å². The summed E-state index contributed by atoms with van der Waals surface area (Å²) in [4.78, 5) is 53.5. The van der Waals surface area contributed by atoms with E-state index in [1.807, 2.05) is 127 Å². The highest BCUT2D eigenvalue weighted by atomic mass is 32.2. The zero-order valence-electron chi connectivity index (χ0n) is 31.5. The monoisotopic (exact) mass is 767 g/mol. The average Bonchev–Trinajstić information content (AvgIpc) is 3.55. The molecular weight excluding hydrogens is 723 g/mol. The van der Waals surface area contributed by atoms with E-state index in [0.29, 0.717) is 0 Å². The Labute approximate surface area is 331 Å². The summed E-state index contributed by atoms with van der Waals surface area (Å²) in [6.07, 6.45) is 0.513. The number of hydrogen-bond donors (Lipinski definition) is 4. The fourth-order valence-electron chi connectivity index (χ4n) is 7.19. The Morgan fingerprint density at radius 2 is 1.16 bits per heavy atom. The number of carboxylic acids is 1. The van der Waals surface area contributed by atoms with Gasteiger partial charge in [0, 0.05) is 11.7 Å². The van der Waals surface area contributed by atoms with Crippen molar-refractivity contribution in [2.24, 2.45) is 5.92 Å². The first kappa shape index (κ1) is 39.6. The number of thioether (sulfide) groups is 1. The van der Waals surface area contributed by atoms with Crippen molar-refractivity contribution in [1.82, 2.24) is 16.0 Å². The van der Waals surface area contributed by atoms with Gasteiger partial charge in [0.1, 0.15) is 24.4 Å². The molecule has 3 amide bonds. The van der Waals surface area contributed by atoms with E-state index in [0.717, 1.165) is 38.9 Å². The van der Waals surface area contributed by atoms with Gasteiger partial charge in [-0.05, 0) is 51.8 Å². The van der Waals surface area contributed by atoms with Crippen LogP contribution in [0.5, 0.6) is 0 Å². The molecule has 0 aliphatic heterocycles. The van der Waals surface area contributed by atoms with E-state index in [1.54, 1.807) is 13.8 Å². The van der Waals surface area contributed by atoms with Crippen molar-refractivity contribution in [3.63, 3.8) is 0 Å². The zero-order valence-corrected chi connectivity index (χ0v) is 32.3. The SMILES string of the molecule is CC=C(NC(=O)C(CSC(c1ccccc1)(c1ccccc1)c1ccccc1)NC(=O)C(NC(=O)OCC1c2ccccc2-c2ccccc21)C(C)C)C(=O)O. The molecule has 1 aliphatic rings.